The van der Waals surface area contributed by atoms with Crippen LogP contribution in [0.1, 0.15) is 39.6 Å². The summed E-state index contributed by atoms with van der Waals surface area (Å²) in [6.07, 6.45) is 0.836. The number of Topliss-reactive ketones (excluding diaryl/α,β-unsaturated/α-hetero) is 1. The van der Waals surface area contributed by atoms with Crippen molar-refractivity contribution < 1.29 is 14.3 Å². The minimum absolute atomic E-state index is 0.0189. The Morgan fingerprint density at radius 1 is 1.12 bits per heavy atom. The van der Waals surface area contributed by atoms with Crippen LogP contribution in [0.25, 0.3) is 5.69 Å². The summed E-state index contributed by atoms with van der Waals surface area (Å²) in [7, 11) is 0. The van der Waals surface area contributed by atoms with Crippen molar-refractivity contribution in [3.05, 3.63) is 76.9 Å². The van der Waals surface area contributed by atoms with Crippen molar-refractivity contribution >= 4 is 5.78 Å². The van der Waals surface area contributed by atoms with E-state index in [1.54, 1.807) is 37.3 Å². The van der Waals surface area contributed by atoms with Crippen LogP contribution in [0.3, 0.4) is 0 Å². The molecule has 1 heterocycles. The molecule has 1 aliphatic rings. The zero-order chi connectivity index (χ0) is 17.6. The molecule has 1 N–H and O–H groups in total. The fraction of sp³-hybridized carbons (Fsp3) is 0.200. The molecule has 0 amide bonds. The summed E-state index contributed by atoms with van der Waals surface area (Å²) in [6.45, 7) is 1.77. The monoisotopic (exact) mass is 336 g/mol. The summed E-state index contributed by atoms with van der Waals surface area (Å²) in [5, 5.41) is 14.6. The zero-order valence-corrected chi connectivity index (χ0v) is 13.7. The van der Waals surface area contributed by atoms with Gasteiger partial charge in [-0.1, -0.05) is 30.3 Å². The number of hydrogen-bond acceptors (Lipinski definition) is 3. The maximum absolute atomic E-state index is 14.3. The second-order valence-corrected chi connectivity index (χ2v) is 6.36. The van der Waals surface area contributed by atoms with Crippen LogP contribution in [0.15, 0.2) is 48.5 Å². The zero-order valence-electron chi connectivity index (χ0n) is 13.7. The Labute approximate surface area is 144 Å². The first kappa shape index (κ1) is 15.6. The average Bonchev–Trinajstić information content (AvgIpc) is 2.93. The number of hydrogen-bond donors (Lipinski definition) is 1. The fourth-order valence-electron chi connectivity index (χ4n) is 3.63. The van der Waals surface area contributed by atoms with Gasteiger partial charge in [0.05, 0.1) is 17.0 Å². The lowest BCUT2D eigenvalue weighted by atomic mass is 9.81. The van der Waals surface area contributed by atoms with Crippen LogP contribution in [0.2, 0.25) is 0 Å². The standard InChI is InChI=1S/C20H17FN2O2/c1-12-20-17(23(22-12)16-8-4-3-7-15(16)21)10-13(11-19(20)25)14-6-2-5-9-18(14)24/h2-9,13,24H,10-11H2,1H3/t13-/m1/s1. The quantitative estimate of drug-likeness (QED) is 0.771. The molecule has 126 valence electrons. The lowest BCUT2D eigenvalue weighted by Crippen LogP contribution is -2.21. The lowest BCUT2D eigenvalue weighted by molar-refractivity contribution is 0.0963. The van der Waals surface area contributed by atoms with Gasteiger partial charge in [0, 0.05) is 12.3 Å². The molecule has 0 radical (unpaired) electrons. The molecule has 0 unspecified atom stereocenters. The molecule has 0 bridgehead atoms. The lowest BCUT2D eigenvalue weighted by Gasteiger charge is -2.23. The van der Waals surface area contributed by atoms with Crippen molar-refractivity contribution in [2.24, 2.45) is 0 Å². The number of halogens is 1. The highest BCUT2D eigenvalue weighted by Gasteiger charge is 2.33. The molecule has 1 aromatic heterocycles. The summed E-state index contributed by atoms with van der Waals surface area (Å²) in [6, 6.07) is 13.4. The molecule has 0 aliphatic heterocycles. The normalized spacial score (nSPS) is 16.7. The van der Waals surface area contributed by atoms with Crippen molar-refractivity contribution in [1.82, 2.24) is 9.78 Å². The smallest absolute Gasteiger partial charge is 0.167 e. The van der Waals surface area contributed by atoms with Crippen LogP contribution >= 0.6 is 0 Å². The van der Waals surface area contributed by atoms with E-state index in [9.17, 15) is 14.3 Å². The number of carbonyl (C=O) groups excluding carboxylic acids is 1. The number of phenols is 1. The Balaban J connectivity index is 1.84. The average molecular weight is 336 g/mol. The van der Waals surface area contributed by atoms with Gasteiger partial charge in [-0.05, 0) is 37.1 Å². The van der Waals surface area contributed by atoms with Crippen LogP contribution < -0.4 is 0 Å². The van der Waals surface area contributed by atoms with Crippen LogP contribution in [0, 0.1) is 12.7 Å². The number of aryl methyl sites for hydroxylation is 1. The first-order valence-corrected chi connectivity index (χ1v) is 8.20. The molecule has 0 saturated carbocycles. The van der Waals surface area contributed by atoms with Gasteiger partial charge in [-0.3, -0.25) is 4.79 Å². The van der Waals surface area contributed by atoms with Crippen molar-refractivity contribution in [3.63, 3.8) is 0 Å². The number of ketones is 1. The third-order valence-electron chi connectivity index (χ3n) is 4.76. The van der Waals surface area contributed by atoms with E-state index in [4.69, 9.17) is 0 Å². The van der Waals surface area contributed by atoms with E-state index in [2.05, 4.69) is 5.10 Å². The summed E-state index contributed by atoms with van der Waals surface area (Å²) < 4.78 is 15.8. The summed E-state index contributed by atoms with van der Waals surface area (Å²) in [4.78, 5) is 12.7. The predicted octanol–water partition coefficient (Wildman–Crippen LogP) is 3.94. The van der Waals surface area contributed by atoms with E-state index in [-0.39, 0.29) is 23.3 Å². The van der Waals surface area contributed by atoms with E-state index in [1.807, 2.05) is 12.1 Å². The molecule has 0 saturated heterocycles. The second-order valence-electron chi connectivity index (χ2n) is 6.36. The van der Waals surface area contributed by atoms with Gasteiger partial charge in [0.15, 0.2) is 5.78 Å². The number of nitrogens with zero attached hydrogens (tertiary/aromatic N) is 2. The number of benzene rings is 2. The third-order valence-corrected chi connectivity index (χ3v) is 4.76. The maximum atomic E-state index is 14.3. The van der Waals surface area contributed by atoms with Crippen molar-refractivity contribution in [2.75, 3.05) is 0 Å². The molecule has 1 aliphatic carbocycles. The van der Waals surface area contributed by atoms with Gasteiger partial charge in [0.2, 0.25) is 0 Å². The molecule has 2 aromatic carbocycles. The van der Waals surface area contributed by atoms with Crippen LogP contribution in [0.5, 0.6) is 5.75 Å². The molecule has 3 aromatic rings. The highest BCUT2D eigenvalue weighted by molar-refractivity contribution is 6.00. The predicted molar refractivity (Wildman–Crippen MR) is 91.8 cm³/mol. The first-order valence-electron chi connectivity index (χ1n) is 8.20. The first-order chi connectivity index (χ1) is 12.1. The molecule has 5 heteroatoms. The van der Waals surface area contributed by atoms with Crippen molar-refractivity contribution in [1.29, 1.82) is 0 Å². The molecule has 4 nitrogen and oxygen atoms in total. The van der Waals surface area contributed by atoms with Gasteiger partial charge in [-0.25, -0.2) is 9.07 Å². The highest BCUT2D eigenvalue weighted by atomic mass is 19.1. The van der Waals surface area contributed by atoms with Gasteiger partial charge in [0.25, 0.3) is 0 Å². The molecule has 1 atom stereocenters. The highest BCUT2D eigenvalue weighted by Crippen LogP contribution is 2.38. The Morgan fingerprint density at radius 2 is 1.84 bits per heavy atom. The largest absolute Gasteiger partial charge is 0.508 e. The van der Waals surface area contributed by atoms with E-state index in [0.29, 0.717) is 35.5 Å². The van der Waals surface area contributed by atoms with Crippen molar-refractivity contribution in [2.45, 2.75) is 25.7 Å². The maximum Gasteiger partial charge on any atom is 0.167 e. The number of aromatic hydroxyl groups is 1. The number of para-hydroxylation sites is 2. The van der Waals surface area contributed by atoms with E-state index >= 15 is 0 Å². The van der Waals surface area contributed by atoms with Crippen LogP contribution in [-0.2, 0) is 6.42 Å². The van der Waals surface area contributed by atoms with Crippen LogP contribution in [-0.4, -0.2) is 20.7 Å². The van der Waals surface area contributed by atoms with Crippen LogP contribution in [0.4, 0.5) is 4.39 Å². The topological polar surface area (TPSA) is 55.1 Å². The summed E-state index contributed by atoms with van der Waals surface area (Å²) in [5.74, 6) is -0.375. The minimum Gasteiger partial charge on any atom is -0.508 e. The molecule has 4 rings (SSSR count). The second kappa shape index (κ2) is 5.84. The molecule has 0 spiro atoms. The van der Waals surface area contributed by atoms with Gasteiger partial charge < -0.3 is 5.11 Å². The Kier molecular flexibility index (Phi) is 3.64. The Morgan fingerprint density at radius 3 is 2.60 bits per heavy atom. The van der Waals surface area contributed by atoms with E-state index < -0.39 is 0 Å². The van der Waals surface area contributed by atoms with E-state index in [1.165, 1.54) is 10.7 Å². The molecular weight excluding hydrogens is 319 g/mol. The van der Waals surface area contributed by atoms with Crippen molar-refractivity contribution in [3.8, 4) is 11.4 Å². The number of carbonyl (C=O) groups is 1. The van der Waals surface area contributed by atoms with Gasteiger partial charge in [-0.15, -0.1) is 0 Å². The summed E-state index contributed by atoms with van der Waals surface area (Å²) in [5.41, 5.74) is 2.96. The SMILES string of the molecule is Cc1nn(-c2ccccc2F)c2c1C(=O)C[C@H](c1ccccc1O)C2. The minimum atomic E-state index is -0.384. The van der Waals surface area contributed by atoms with Gasteiger partial charge in [0.1, 0.15) is 17.3 Å². The number of aromatic nitrogens is 2. The molecule has 0 fully saturated rings. The number of fused-ring (bicyclic) bond motifs is 1. The molecular formula is C20H17FN2O2. The third kappa shape index (κ3) is 2.52. The van der Waals surface area contributed by atoms with Gasteiger partial charge in [-0.2, -0.15) is 5.10 Å². The fourth-order valence-corrected chi connectivity index (χ4v) is 3.63. The van der Waals surface area contributed by atoms with Gasteiger partial charge >= 0.3 is 0 Å². The number of rotatable bonds is 2. The summed E-state index contributed by atoms with van der Waals surface area (Å²) >= 11 is 0. The Hall–Kier alpha value is -2.95. The Bertz CT molecular complexity index is 978. The molecule has 25 heavy (non-hydrogen) atoms. The van der Waals surface area contributed by atoms with E-state index in [0.717, 1.165) is 5.56 Å². The number of phenolic OH excluding ortho intramolecular Hbond substituents is 1.